The summed E-state index contributed by atoms with van der Waals surface area (Å²) in [5.74, 6) is 0.405. The Labute approximate surface area is 135 Å². The molecular weight excluding hydrogens is 298 g/mol. The highest BCUT2D eigenvalue weighted by atomic mass is 16.5. The number of hydrogen-bond donors (Lipinski definition) is 1. The zero-order valence-electron chi connectivity index (χ0n) is 13.4. The number of hydrogen-bond acceptors (Lipinski definition) is 4. The van der Waals surface area contributed by atoms with Gasteiger partial charge in [-0.3, -0.25) is 4.79 Å². The maximum absolute atomic E-state index is 12.6. The predicted octanol–water partition coefficient (Wildman–Crippen LogP) is 2.43. The van der Waals surface area contributed by atoms with Gasteiger partial charge < -0.3 is 19.2 Å². The SMILES string of the molecule is CCc1oc(C(=O)N2CCC(C3CCOCC3)C2)cc1C(=O)O. The molecule has 1 amide bonds. The summed E-state index contributed by atoms with van der Waals surface area (Å²) in [4.78, 5) is 25.6. The number of carboxylic acid groups (broad SMARTS) is 1. The Morgan fingerprint density at radius 2 is 2.00 bits per heavy atom. The molecule has 3 heterocycles. The third-order valence-electron chi connectivity index (χ3n) is 5.02. The first-order valence-corrected chi connectivity index (χ1v) is 8.33. The summed E-state index contributed by atoms with van der Waals surface area (Å²) >= 11 is 0. The minimum Gasteiger partial charge on any atom is -0.478 e. The Balaban J connectivity index is 1.68. The molecule has 2 saturated heterocycles. The Bertz CT molecular complexity index is 588. The van der Waals surface area contributed by atoms with E-state index in [4.69, 9.17) is 9.15 Å². The van der Waals surface area contributed by atoms with Crippen LogP contribution in [0.5, 0.6) is 0 Å². The van der Waals surface area contributed by atoms with E-state index < -0.39 is 5.97 Å². The minimum absolute atomic E-state index is 0.0935. The molecule has 1 aromatic heterocycles. The van der Waals surface area contributed by atoms with Crippen LogP contribution >= 0.6 is 0 Å². The van der Waals surface area contributed by atoms with Crippen molar-refractivity contribution < 1.29 is 23.8 Å². The average molecular weight is 321 g/mol. The van der Waals surface area contributed by atoms with Crippen LogP contribution < -0.4 is 0 Å². The fourth-order valence-electron chi connectivity index (χ4n) is 3.68. The van der Waals surface area contributed by atoms with Crippen molar-refractivity contribution in [2.24, 2.45) is 11.8 Å². The molecule has 1 atom stereocenters. The van der Waals surface area contributed by atoms with Gasteiger partial charge in [0.15, 0.2) is 5.76 Å². The molecule has 1 unspecified atom stereocenters. The van der Waals surface area contributed by atoms with Gasteiger partial charge in [0.2, 0.25) is 0 Å². The molecule has 0 radical (unpaired) electrons. The highest BCUT2D eigenvalue weighted by Crippen LogP contribution is 2.32. The van der Waals surface area contributed by atoms with Crippen molar-refractivity contribution in [3.8, 4) is 0 Å². The Kier molecular flexibility index (Phi) is 4.71. The Morgan fingerprint density at radius 1 is 1.26 bits per heavy atom. The topological polar surface area (TPSA) is 80.0 Å². The molecule has 0 saturated carbocycles. The van der Waals surface area contributed by atoms with Gasteiger partial charge in [0.05, 0.1) is 0 Å². The van der Waals surface area contributed by atoms with E-state index in [0.29, 0.717) is 30.6 Å². The van der Waals surface area contributed by atoms with Crippen molar-refractivity contribution >= 4 is 11.9 Å². The third kappa shape index (κ3) is 3.27. The van der Waals surface area contributed by atoms with E-state index >= 15 is 0 Å². The van der Waals surface area contributed by atoms with Gasteiger partial charge in [-0.05, 0) is 31.1 Å². The van der Waals surface area contributed by atoms with Gasteiger partial charge >= 0.3 is 5.97 Å². The number of aryl methyl sites for hydroxylation is 1. The van der Waals surface area contributed by atoms with Gasteiger partial charge in [0, 0.05) is 38.8 Å². The van der Waals surface area contributed by atoms with Crippen LogP contribution in [0.25, 0.3) is 0 Å². The summed E-state index contributed by atoms with van der Waals surface area (Å²) in [5.41, 5.74) is 0.0935. The fraction of sp³-hybridized carbons (Fsp3) is 0.647. The Morgan fingerprint density at radius 3 is 2.61 bits per heavy atom. The average Bonchev–Trinajstić information content (AvgIpc) is 3.22. The van der Waals surface area contributed by atoms with E-state index in [0.717, 1.165) is 39.0 Å². The zero-order valence-corrected chi connectivity index (χ0v) is 13.4. The fourth-order valence-corrected chi connectivity index (χ4v) is 3.68. The maximum Gasteiger partial charge on any atom is 0.339 e. The maximum atomic E-state index is 12.6. The quantitative estimate of drug-likeness (QED) is 0.921. The second kappa shape index (κ2) is 6.74. The normalized spacial score (nSPS) is 22.5. The van der Waals surface area contributed by atoms with Crippen LogP contribution in [0.1, 0.15) is 52.9 Å². The number of carbonyl (C=O) groups is 2. The lowest BCUT2D eigenvalue weighted by Crippen LogP contribution is -2.31. The van der Waals surface area contributed by atoms with Gasteiger partial charge in [-0.15, -0.1) is 0 Å². The lowest BCUT2D eigenvalue weighted by Gasteiger charge is -2.27. The summed E-state index contributed by atoms with van der Waals surface area (Å²) in [6.07, 6.45) is 3.59. The van der Waals surface area contributed by atoms with Gasteiger partial charge in [-0.25, -0.2) is 4.79 Å². The van der Waals surface area contributed by atoms with Crippen LogP contribution in [-0.2, 0) is 11.2 Å². The van der Waals surface area contributed by atoms with Crippen LogP contribution in [0.15, 0.2) is 10.5 Å². The van der Waals surface area contributed by atoms with Crippen molar-refractivity contribution in [2.45, 2.75) is 32.6 Å². The number of carboxylic acids is 1. The molecule has 0 bridgehead atoms. The summed E-state index contributed by atoms with van der Waals surface area (Å²) in [6, 6.07) is 1.37. The predicted molar refractivity (Wildman–Crippen MR) is 82.6 cm³/mol. The van der Waals surface area contributed by atoms with Crippen molar-refractivity contribution in [2.75, 3.05) is 26.3 Å². The van der Waals surface area contributed by atoms with Crippen LogP contribution in [0.3, 0.4) is 0 Å². The number of aromatic carboxylic acids is 1. The number of likely N-dealkylation sites (tertiary alicyclic amines) is 1. The van der Waals surface area contributed by atoms with Crippen LogP contribution in [0, 0.1) is 11.8 Å². The highest BCUT2D eigenvalue weighted by molar-refractivity contribution is 5.96. The number of furan rings is 1. The van der Waals surface area contributed by atoms with E-state index in [1.54, 1.807) is 4.90 Å². The summed E-state index contributed by atoms with van der Waals surface area (Å²) in [6.45, 7) is 4.89. The second-order valence-corrected chi connectivity index (χ2v) is 6.36. The molecule has 1 aromatic rings. The van der Waals surface area contributed by atoms with Crippen LogP contribution in [-0.4, -0.2) is 48.2 Å². The molecule has 23 heavy (non-hydrogen) atoms. The minimum atomic E-state index is -1.05. The zero-order chi connectivity index (χ0) is 16.4. The molecule has 0 aliphatic carbocycles. The van der Waals surface area contributed by atoms with E-state index in [1.807, 2.05) is 6.92 Å². The molecule has 6 nitrogen and oxygen atoms in total. The van der Waals surface area contributed by atoms with Crippen molar-refractivity contribution in [1.29, 1.82) is 0 Å². The van der Waals surface area contributed by atoms with Crippen LogP contribution in [0.4, 0.5) is 0 Å². The molecule has 6 heteroatoms. The third-order valence-corrected chi connectivity index (χ3v) is 5.02. The molecule has 2 aliphatic rings. The first kappa shape index (κ1) is 16.1. The molecule has 2 aliphatic heterocycles. The highest BCUT2D eigenvalue weighted by Gasteiger charge is 2.34. The van der Waals surface area contributed by atoms with E-state index in [2.05, 4.69) is 0 Å². The number of carbonyl (C=O) groups excluding carboxylic acids is 1. The molecular formula is C17H23NO5. The molecule has 0 spiro atoms. The van der Waals surface area contributed by atoms with Crippen molar-refractivity contribution in [1.82, 2.24) is 4.90 Å². The molecule has 1 N–H and O–H groups in total. The summed E-state index contributed by atoms with van der Waals surface area (Å²) in [5, 5.41) is 9.17. The molecule has 0 aromatic carbocycles. The largest absolute Gasteiger partial charge is 0.478 e. The van der Waals surface area contributed by atoms with Crippen molar-refractivity contribution in [3.05, 3.63) is 23.2 Å². The molecule has 3 rings (SSSR count). The van der Waals surface area contributed by atoms with Crippen LogP contribution in [0.2, 0.25) is 0 Å². The number of ether oxygens (including phenoxy) is 1. The summed E-state index contributed by atoms with van der Waals surface area (Å²) in [7, 11) is 0. The lowest BCUT2D eigenvalue weighted by atomic mass is 9.85. The first-order chi connectivity index (χ1) is 11.1. The first-order valence-electron chi connectivity index (χ1n) is 8.33. The van der Waals surface area contributed by atoms with Crippen molar-refractivity contribution in [3.63, 3.8) is 0 Å². The second-order valence-electron chi connectivity index (χ2n) is 6.36. The number of amides is 1. The van der Waals surface area contributed by atoms with Gasteiger partial charge in [0.25, 0.3) is 5.91 Å². The molecule has 126 valence electrons. The summed E-state index contributed by atoms with van der Waals surface area (Å²) < 4.78 is 10.9. The van der Waals surface area contributed by atoms with E-state index in [9.17, 15) is 14.7 Å². The van der Waals surface area contributed by atoms with E-state index in [-0.39, 0.29) is 17.2 Å². The monoisotopic (exact) mass is 321 g/mol. The van der Waals surface area contributed by atoms with Gasteiger partial charge in [-0.2, -0.15) is 0 Å². The number of rotatable bonds is 4. The van der Waals surface area contributed by atoms with Gasteiger partial charge in [-0.1, -0.05) is 6.92 Å². The van der Waals surface area contributed by atoms with E-state index in [1.165, 1.54) is 6.07 Å². The lowest BCUT2D eigenvalue weighted by molar-refractivity contribution is 0.0469. The Hall–Kier alpha value is -1.82. The smallest absolute Gasteiger partial charge is 0.339 e. The standard InChI is InChI=1S/C17H23NO5/c1-2-14-13(17(20)21)9-15(23-14)16(19)18-6-3-12(10-18)11-4-7-22-8-5-11/h9,11-12H,2-8,10H2,1H3,(H,20,21). The van der Waals surface area contributed by atoms with Gasteiger partial charge in [0.1, 0.15) is 11.3 Å². The number of nitrogens with zero attached hydrogens (tertiary/aromatic N) is 1. The molecule has 2 fully saturated rings.